The van der Waals surface area contributed by atoms with Crippen LogP contribution in [0.2, 0.25) is 0 Å². The highest BCUT2D eigenvalue weighted by atomic mass is 16.2. The van der Waals surface area contributed by atoms with Crippen molar-refractivity contribution in [3.05, 3.63) is 76.9 Å². The maximum Gasteiger partial charge on any atom is 0.255 e. The Morgan fingerprint density at radius 3 is 2.16 bits per heavy atom. The number of carbonyl (C=O) groups excluding carboxylic acids is 2. The molecular weight excluding hydrogens is 312 g/mol. The van der Waals surface area contributed by atoms with Crippen molar-refractivity contribution in [1.82, 2.24) is 5.32 Å². The van der Waals surface area contributed by atoms with Gasteiger partial charge in [0.2, 0.25) is 0 Å². The number of aryl methyl sites for hydroxylation is 1. The fraction of sp³-hybridized carbons (Fsp3) is 0.143. The Kier molecular flexibility index (Phi) is 4.52. The predicted molar refractivity (Wildman–Crippen MR) is 101 cm³/mol. The van der Waals surface area contributed by atoms with Crippen LogP contribution in [0.3, 0.4) is 0 Å². The molecule has 0 saturated carbocycles. The molecule has 3 aromatic rings. The van der Waals surface area contributed by atoms with Gasteiger partial charge in [0.25, 0.3) is 11.8 Å². The van der Waals surface area contributed by atoms with Gasteiger partial charge in [-0.1, -0.05) is 36.4 Å². The zero-order chi connectivity index (χ0) is 18.0. The third kappa shape index (κ3) is 3.11. The van der Waals surface area contributed by atoms with E-state index >= 15 is 0 Å². The summed E-state index contributed by atoms with van der Waals surface area (Å²) in [6.45, 7) is 3.91. The molecule has 0 atom stereocenters. The molecule has 126 valence electrons. The van der Waals surface area contributed by atoms with Crippen molar-refractivity contribution in [3.63, 3.8) is 0 Å². The normalized spacial score (nSPS) is 10.5. The summed E-state index contributed by atoms with van der Waals surface area (Å²) in [7, 11) is 1.60. The largest absolute Gasteiger partial charge is 0.355 e. The Hall–Kier alpha value is -3.14. The summed E-state index contributed by atoms with van der Waals surface area (Å²) in [5.41, 5.74) is 3.82. The second-order valence-corrected chi connectivity index (χ2v) is 5.99. The third-order valence-corrected chi connectivity index (χ3v) is 4.47. The molecule has 4 nitrogen and oxygen atoms in total. The fourth-order valence-electron chi connectivity index (χ4n) is 2.96. The van der Waals surface area contributed by atoms with Crippen LogP contribution >= 0.6 is 0 Å². The van der Waals surface area contributed by atoms with Gasteiger partial charge in [0.15, 0.2) is 0 Å². The van der Waals surface area contributed by atoms with Crippen LogP contribution in [0.5, 0.6) is 0 Å². The lowest BCUT2D eigenvalue weighted by Crippen LogP contribution is -2.19. The van der Waals surface area contributed by atoms with Crippen LogP contribution in [0, 0.1) is 13.8 Å². The number of hydrogen-bond acceptors (Lipinski definition) is 2. The Balaban J connectivity index is 2.09. The Morgan fingerprint density at radius 2 is 1.44 bits per heavy atom. The Labute approximate surface area is 146 Å². The highest BCUT2D eigenvalue weighted by molar-refractivity contribution is 6.16. The lowest BCUT2D eigenvalue weighted by atomic mass is 10.0. The quantitative estimate of drug-likeness (QED) is 0.759. The molecule has 2 amide bonds. The fourth-order valence-corrected chi connectivity index (χ4v) is 2.96. The van der Waals surface area contributed by atoms with Crippen molar-refractivity contribution in [2.24, 2.45) is 0 Å². The number of fused-ring (bicyclic) bond motifs is 1. The van der Waals surface area contributed by atoms with Crippen LogP contribution in [0.25, 0.3) is 10.8 Å². The lowest BCUT2D eigenvalue weighted by molar-refractivity contribution is 0.0963. The second kappa shape index (κ2) is 6.77. The number of anilines is 1. The number of rotatable bonds is 3. The second-order valence-electron chi connectivity index (χ2n) is 5.99. The summed E-state index contributed by atoms with van der Waals surface area (Å²) < 4.78 is 0. The van der Waals surface area contributed by atoms with Gasteiger partial charge < -0.3 is 10.6 Å². The number of carbonyl (C=O) groups is 2. The van der Waals surface area contributed by atoms with Crippen LogP contribution in [0.4, 0.5) is 5.69 Å². The first-order valence-corrected chi connectivity index (χ1v) is 8.14. The number of nitrogens with one attached hydrogen (secondary N) is 2. The molecule has 0 unspecified atom stereocenters. The minimum absolute atomic E-state index is 0.180. The van der Waals surface area contributed by atoms with E-state index in [4.69, 9.17) is 0 Å². The zero-order valence-electron chi connectivity index (χ0n) is 14.5. The van der Waals surface area contributed by atoms with E-state index < -0.39 is 0 Å². The standard InChI is InChI=1S/C21H20N2O2/c1-13-7-4-10-16(14(13)2)21(25)23-18-12-6-9-15-8-5-11-17(19(15)18)20(24)22-3/h4-12H,1-3H3,(H,22,24)(H,23,25). The van der Waals surface area contributed by atoms with Gasteiger partial charge in [0.1, 0.15) is 0 Å². The van der Waals surface area contributed by atoms with Gasteiger partial charge in [-0.15, -0.1) is 0 Å². The van der Waals surface area contributed by atoms with Gasteiger partial charge in [-0.3, -0.25) is 9.59 Å². The molecule has 0 fully saturated rings. The summed E-state index contributed by atoms with van der Waals surface area (Å²) in [5.74, 6) is -0.362. The molecule has 0 aliphatic heterocycles. The monoisotopic (exact) mass is 332 g/mol. The van der Waals surface area contributed by atoms with Crippen LogP contribution in [0.1, 0.15) is 31.8 Å². The number of hydrogen-bond donors (Lipinski definition) is 2. The van der Waals surface area contributed by atoms with E-state index in [1.807, 2.05) is 62.4 Å². The van der Waals surface area contributed by atoms with Gasteiger partial charge in [0.05, 0.1) is 0 Å². The molecule has 0 heterocycles. The first-order chi connectivity index (χ1) is 12.0. The van der Waals surface area contributed by atoms with E-state index in [1.54, 1.807) is 13.1 Å². The molecule has 3 aromatic carbocycles. The highest BCUT2D eigenvalue weighted by Crippen LogP contribution is 2.28. The Bertz CT molecular complexity index is 972. The maximum absolute atomic E-state index is 12.8. The minimum atomic E-state index is -0.181. The third-order valence-electron chi connectivity index (χ3n) is 4.47. The van der Waals surface area contributed by atoms with E-state index in [0.717, 1.165) is 21.9 Å². The van der Waals surface area contributed by atoms with Crippen LogP contribution < -0.4 is 10.6 Å². The first kappa shape index (κ1) is 16.7. The van der Waals surface area contributed by atoms with Gasteiger partial charge in [-0.05, 0) is 48.6 Å². The van der Waals surface area contributed by atoms with Crippen LogP contribution in [-0.2, 0) is 0 Å². The van der Waals surface area contributed by atoms with Crippen molar-refractivity contribution in [2.45, 2.75) is 13.8 Å². The van der Waals surface area contributed by atoms with Gasteiger partial charge in [-0.25, -0.2) is 0 Å². The highest BCUT2D eigenvalue weighted by Gasteiger charge is 2.15. The average Bonchev–Trinajstić information content (AvgIpc) is 2.63. The Morgan fingerprint density at radius 1 is 0.800 bits per heavy atom. The molecule has 4 heteroatoms. The summed E-state index contributed by atoms with van der Waals surface area (Å²) >= 11 is 0. The molecule has 0 saturated heterocycles. The molecule has 25 heavy (non-hydrogen) atoms. The van der Waals surface area contributed by atoms with Gasteiger partial charge in [0, 0.05) is 29.2 Å². The van der Waals surface area contributed by atoms with Crippen molar-refractivity contribution >= 4 is 28.3 Å². The molecule has 2 N–H and O–H groups in total. The molecule has 0 spiro atoms. The smallest absolute Gasteiger partial charge is 0.255 e. The molecule has 3 rings (SSSR count). The molecule has 0 aromatic heterocycles. The van der Waals surface area contributed by atoms with Crippen molar-refractivity contribution in [1.29, 1.82) is 0 Å². The van der Waals surface area contributed by atoms with Crippen molar-refractivity contribution in [2.75, 3.05) is 12.4 Å². The maximum atomic E-state index is 12.8. The van der Waals surface area contributed by atoms with E-state index in [-0.39, 0.29) is 11.8 Å². The van der Waals surface area contributed by atoms with Crippen LogP contribution in [-0.4, -0.2) is 18.9 Å². The van der Waals surface area contributed by atoms with Crippen molar-refractivity contribution < 1.29 is 9.59 Å². The summed E-state index contributed by atoms with van der Waals surface area (Å²) in [5, 5.41) is 7.26. The first-order valence-electron chi connectivity index (χ1n) is 8.14. The van der Waals surface area contributed by atoms with E-state index in [2.05, 4.69) is 10.6 Å². The summed E-state index contributed by atoms with van der Waals surface area (Å²) in [4.78, 5) is 25.0. The van der Waals surface area contributed by atoms with E-state index in [1.165, 1.54) is 0 Å². The molecule has 0 aliphatic rings. The zero-order valence-corrected chi connectivity index (χ0v) is 14.5. The average molecular weight is 332 g/mol. The van der Waals surface area contributed by atoms with Gasteiger partial charge >= 0.3 is 0 Å². The number of amides is 2. The molecule has 0 aliphatic carbocycles. The van der Waals surface area contributed by atoms with Crippen molar-refractivity contribution in [3.8, 4) is 0 Å². The SMILES string of the molecule is CNC(=O)c1cccc2cccc(NC(=O)c3cccc(C)c3C)c12. The summed E-state index contributed by atoms with van der Waals surface area (Å²) in [6.07, 6.45) is 0. The summed E-state index contributed by atoms with van der Waals surface area (Å²) in [6, 6.07) is 16.8. The van der Waals surface area contributed by atoms with E-state index in [0.29, 0.717) is 16.8 Å². The molecule has 0 radical (unpaired) electrons. The lowest BCUT2D eigenvalue weighted by Gasteiger charge is -2.13. The molecule has 0 bridgehead atoms. The number of benzene rings is 3. The van der Waals surface area contributed by atoms with E-state index in [9.17, 15) is 9.59 Å². The minimum Gasteiger partial charge on any atom is -0.355 e. The topological polar surface area (TPSA) is 58.2 Å². The molecular formula is C21H20N2O2. The predicted octanol–water partition coefficient (Wildman–Crippen LogP) is 4.07. The van der Waals surface area contributed by atoms with Crippen LogP contribution in [0.15, 0.2) is 54.6 Å². The van der Waals surface area contributed by atoms with Gasteiger partial charge in [-0.2, -0.15) is 0 Å².